The Bertz CT molecular complexity index is 721. The second-order valence-electron chi connectivity index (χ2n) is 4.40. The van der Waals surface area contributed by atoms with Crippen LogP contribution in [0.4, 0.5) is 26.3 Å². The van der Waals surface area contributed by atoms with E-state index in [2.05, 4.69) is 0 Å². The summed E-state index contributed by atoms with van der Waals surface area (Å²) in [5.74, 6) is 0. The van der Waals surface area contributed by atoms with Gasteiger partial charge in [0, 0.05) is 0 Å². The zero-order valence-corrected chi connectivity index (χ0v) is 10.3. The molecule has 0 saturated heterocycles. The van der Waals surface area contributed by atoms with Crippen molar-refractivity contribution in [2.45, 2.75) is 18.8 Å². The average Bonchev–Trinajstić information content (AvgIpc) is 2.36. The van der Waals surface area contributed by atoms with Crippen LogP contribution in [0.1, 0.15) is 16.7 Å². The van der Waals surface area contributed by atoms with E-state index in [0.717, 1.165) is 24.3 Å². The van der Waals surface area contributed by atoms with Gasteiger partial charge in [0.05, 0.1) is 23.6 Å². The van der Waals surface area contributed by atoms with E-state index >= 15 is 0 Å². The summed E-state index contributed by atoms with van der Waals surface area (Å²) >= 11 is 0. The smallest absolute Gasteiger partial charge is 0.198 e. The van der Waals surface area contributed by atoms with Crippen molar-refractivity contribution in [3.05, 3.63) is 47.0 Å². The van der Waals surface area contributed by atoms with Crippen molar-refractivity contribution < 1.29 is 26.3 Å². The Balaban J connectivity index is 2.74. The number of fused-ring (bicyclic) bond motifs is 1. The van der Waals surface area contributed by atoms with Gasteiger partial charge in [0.25, 0.3) is 0 Å². The highest BCUT2D eigenvalue weighted by atomic mass is 19.4. The van der Waals surface area contributed by atoms with E-state index in [9.17, 15) is 26.3 Å². The van der Waals surface area contributed by atoms with Crippen molar-refractivity contribution in [1.82, 2.24) is 0 Å². The van der Waals surface area contributed by atoms with Crippen molar-refractivity contribution in [3.8, 4) is 6.07 Å². The van der Waals surface area contributed by atoms with Crippen LogP contribution in [0.3, 0.4) is 0 Å². The fourth-order valence-electron chi connectivity index (χ4n) is 2.01. The van der Waals surface area contributed by atoms with Crippen molar-refractivity contribution in [3.63, 3.8) is 0 Å². The van der Waals surface area contributed by atoms with E-state index < -0.39 is 29.9 Å². The van der Waals surface area contributed by atoms with E-state index in [1.165, 1.54) is 0 Å². The van der Waals surface area contributed by atoms with Crippen LogP contribution in [0, 0.1) is 11.3 Å². The van der Waals surface area contributed by atoms with E-state index in [4.69, 9.17) is 5.26 Å². The van der Waals surface area contributed by atoms with Gasteiger partial charge in [-0.1, -0.05) is 6.07 Å². The highest BCUT2D eigenvalue weighted by molar-refractivity contribution is 5.87. The van der Waals surface area contributed by atoms with Crippen LogP contribution in [0.5, 0.6) is 0 Å². The molecule has 0 bridgehead atoms. The molecule has 0 N–H and O–H groups in total. The predicted octanol–water partition coefficient (Wildman–Crippen LogP) is 4.94. The van der Waals surface area contributed by atoms with Crippen LogP contribution in [-0.2, 0) is 18.8 Å². The van der Waals surface area contributed by atoms with Crippen molar-refractivity contribution in [1.29, 1.82) is 5.26 Å². The van der Waals surface area contributed by atoms with Crippen LogP contribution in [0.25, 0.3) is 10.8 Å². The fraction of sp³-hybridized carbons (Fsp3) is 0.214. The fourth-order valence-corrected chi connectivity index (χ4v) is 2.01. The molecule has 110 valence electrons. The molecule has 0 aliphatic carbocycles. The standard InChI is InChI=1S/C14H7F6N/c15-13(16,17)10-2-1-8-5-11(14(18,19)20)6-9(3-4-21)12(8)7-10/h1-2,5-7H,3H2. The Hall–Kier alpha value is -2.23. The molecule has 1 nitrogen and oxygen atoms in total. The first-order valence-electron chi connectivity index (χ1n) is 5.71. The first kappa shape index (κ1) is 15.2. The molecule has 7 heteroatoms. The van der Waals surface area contributed by atoms with Gasteiger partial charge in [-0.25, -0.2) is 0 Å². The quantitative estimate of drug-likeness (QED) is 0.684. The molecule has 0 fully saturated rings. The summed E-state index contributed by atoms with van der Waals surface area (Å²) in [5.41, 5.74) is -2.03. The minimum atomic E-state index is -4.62. The van der Waals surface area contributed by atoms with Gasteiger partial charge in [0.2, 0.25) is 0 Å². The molecule has 0 aliphatic heterocycles. The van der Waals surface area contributed by atoms with Crippen molar-refractivity contribution in [2.75, 3.05) is 0 Å². The Kier molecular flexibility index (Phi) is 3.58. The van der Waals surface area contributed by atoms with Crippen LogP contribution in [0.15, 0.2) is 30.3 Å². The number of halogens is 6. The van der Waals surface area contributed by atoms with Gasteiger partial charge in [0.1, 0.15) is 0 Å². The number of rotatable bonds is 1. The van der Waals surface area contributed by atoms with Gasteiger partial charge in [0.15, 0.2) is 0 Å². The molecule has 0 spiro atoms. The van der Waals surface area contributed by atoms with E-state index in [-0.39, 0.29) is 16.3 Å². The molecule has 2 rings (SSSR count). The Labute approximate surface area is 115 Å². The summed E-state index contributed by atoms with van der Waals surface area (Å²) in [6.07, 6.45) is -9.62. The van der Waals surface area contributed by atoms with Crippen LogP contribution < -0.4 is 0 Å². The second kappa shape index (κ2) is 4.95. The highest BCUT2D eigenvalue weighted by Crippen LogP contribution is 2.36. The maximum atomic E-state index is 12.7. The van der Waals surface area contributed by atoms with Gasteiger partial charge in [-0.05, 0) is 40.6 Å². The summed E-state index contributed by atoms with van der Waals surface area (Å²) in [6.45, 7) is 0. The molecule has 21 heavy (non-hydrogen) atoms. The molecule has 2 aromatic carbocycles. The second-order valence-corrected chi connectivity index (χ2v) is 4.40. The lowest BCUT2D eigenvalue weighted by Gasteiger charge is -2.13. The zero-order valence-electron chi connectivity index (χ0n) is 10.3. The lowest BCUT2D eigenvalue weighted by Crippen LogP contribution is -2.07. The van der Waals surface area contributed by atoms with Gasteiger partial charge in [-0.15, -0.1) is 0 Å². The van der Waals surface area contributed by atoms with Crippen molar-refractivity contribution >= 4 is 10.8 Å². The van der Waals surface area contributed by atoms with Gasteiger partial charge in [-0.2, -0.15) is 31.6 Å². The zero-order chi connectivity index (χ0) is 15.8. The third-order valence-electron chi connectivity index (χ3n) is 2.96. The Morgan fingerprint density at radius 2 is 1.48 bits per heavy atom. The molecular formula is C14H7F6N. The lowest BCUT2D eigenvalue weighted by molar-refractivity contribution is -0.138. The molecule has 0 unspecified atom stereocenters. The Morgan fingerprint density at radius 1 is 0.857 bits per heavy atom. The predicted molar refractivity (Wildman–Crippen MR) is 63.3 cm³/mol. The summed E-state index contributed by atoms with van der Waals surface area (Å²) in [7, 11) is 0. The van der Waals surface area contributed by atoms with Gasteiger partial charge >= 0.3 is 12.4 Å². The number of nitriles is 1. The summed E-state index contributed by atoms with van der Waals surface area (Å²) in [6, 6.07) is 5.62. The molecule has 0 amide bonds. The number of nitrogens with zero attached hydrogens (tertiary/aromatic N) is 1. The summed E-state index contributed by atoms with van der Waals surface area (Å²) < 4.78 is 76.2. The van der Waals surface area contributed by atoms with E-state index in [1.807, 2.05) is 0 Å². The molecule has 0 aliphatic rings. The van der Waals surface area contributed by atoms with Gasteiger partial charge < -0.3 is 0 Å². The third kappa shape index (κ3) is 3.10. The first-order valence-corrected chi connectivity index (χ1v) is 5.71. The minimum Gasteiger partial charge on any atom is -0.198 e. The first-order chi connectivity index (χ1) is 9.63. The topological polar surface area (TPSA) is 23.8 Å². The highest BCUT2D eigenvalue weighted by Gasteiger charge is 2.33. The van der Waals surface area contributed by atoms with E-state index in [1.54, 1.807) is 6.07 Å². The monoisotopic (exact) mass is 303 g/mol. The normalized spacial score (nSPS) is 12.4. The van der Waals surface area contributed by atoms with Crippen LogP contribution >= 0.6 is 0 Å². The number of hydrogen-bond acceptors (Lipinski definition) is 1. The minimum absolute atomic E-state index is 0.000579. The molecule has 0 radical (unpaired) electrons. The molecule has 0 aromatic heterocycles. The maximum Gasteiger partial charge on any atom is 0.416 e. The SMILES string of the molecule is N#CCc1cc(C(F)(F)F)cc2ccc(C(F)(F)F)cc12. The van der Waals surface area contributed by atoms with E-state index in [0.29, 0.717) is 6.07 Å². The molecular weight excluding hydrogens is 296 g/mol. The summed E-state index contributed by atoms with van der Waals surface area (Å²) in [4.78, 5) is 0. The largest absolute Gasteiger partial charge is 0.416 e. The number of hydrogen-bond donors (Lipinski definition) is 0. The third-order valence-corrected chi connectivity index (χ3v) is 2.96. The van der Waals surface area contributed by atoms with Crippen LogP contribution in [0.2, 0.25) is 0 Å². The number of alkyl halides is 6. The molecule has 2 aromatic rings. The molecule has 0 saturated carbocycles. The average molecular weight is 303 g/mol. The van der Waals surface area contributed by atoms with Crippen molar-refractivity contribution in [2.24, 2.45) is 0 Å². The molecule has 0 atom stereocenters. The van der Waals surface area contributed by atoms with Crippen LogP contribution in [-0.4, -0.2) is 0 Å². The number of benzene rings is 2. The maximum absolute atomic E-state index is 12.7. The lowest BCUT2D eigenvalue weighted by atomic mass is 9.97. The van der Waals surface area contributed by atoms with Gasteiger partial charge in [-0.3, -0.25) is 0 Å². The summed E-state index contributed by atoms with van der Waals surface area (Å²) in [5, 5.41) is 8.66. The molecule has 0 heterocycles. The Morgan fingerprint density at radius 3 is 2.00 bits per heavy atom.